The number of rotatable bonds is 8. The zero-order valence-electron chi connectivity index (χ0n) is 16.1. The lowest BCUT2D eigenvalue weighted by Crippen LogP contribution is -2.33. The van der Waals surface area contributed by atoms with Crippen LogP contribution >= 0.6 is 0 Å². The maximum absolute atomic E-state index is 13.2. The number of para-hydroxylation sites is 1. The molecule has 0 saturated carbocycles. The van der Waals surface area contributed by atoms with Crippen LogP contribution in [0.2, 0.25) is 0 Å². The van der Waals surface area contributed by atoms with Crippen molar-refractivity contribution in [2.45, 2.75) is 39.7 Å². The molecule has 0 aliphatic rings. The number of benzene rings is 2. The molecule has 3 aromatic rings. The number of halogens is 1. The minimum Gasteiger partial charge on any atom is -0.343 e. The first-order chi connectivity index (χ1) is 13.1. The van der Waals surface area contributed by atoms with Crippen LogP contribution in [-0.2, 0) is 17.8 Å². The van der Waals surface area contributed by atoms with E-state index in [2.05, 4.69) is 36.7 Å². The molecule has 142 valence electrons. The average Bonchev–Trinajstić information content (AvgIpc) is 3.01. The van der Waals surface area contributed by atoms with Crippen molar-refractivity contribution in [3.8, 4) is 0 Å². The minimum atomic E-state index is -0.227. The Morgan fingerprint density at radius 3 is 2.33 bits per heavy atom. The second kappa shape index (κ2) is 8.85. The second-order valence-corrected chi connectivity index (χ2v) is 6.98. The van der Waals surface area contributed by atoms with Gasteiger partial charge < -0.3 is 9.47 Å². The van der Waals surface area contributed by atoms with Gasteiger partial charge in [-0.1, -0.05) is 44.2 Å². The van der Waals surface area contributed by atoms with Gasteiger partial charge in [0.1, 0.15) is 5.82 Å². The number of carbonyl (C=O) groups is 1. The van der Waals surface area contributed by atoms with Gasteiger partial charge in [-0.15, -0.1) is 0 Å². The molecule has 1 heterocycles. The van der Waals surface area contributed by atoms with Crippen molar-refractivity contribution in [3.63, 3.8) is 0 Å². The smallest absolute Gasteiger partial charge is 0.227 e. The van der Waals surface area contributed by atoms with Crippen molar-refractivity contribution in [1.29, 1.82) is 0 Å². The van der Waals surface area contributed by atoms with Crippen LogP contribution in [0.25, 0.3) is 10.9 Å². The monoisotopic (exact) mass is 366 g/mol. The Labute approximate surface area is 160 Å². The summed E-state index contributed by atoms with van der Waals surface area (Å²) in [5.74, 6) is -0.0438. The number of amides is 1. The highest BCUT2D eigenvalue weighted by Crippen LogP contribution is 2.23. The molecule has 0 atom stereocenters. The lowest BCUT2D eigenvalue weighted by Gasteiger charge is -2.21. The van der Waals surface area contributed by atoms with Gasteiger partial charge in [-0.3, -0.25) is 4.79 Å². The lowest BCUT2D eigenvalue weighted by atomic mass is 10.1. The van der Waals surface area contributed by atoms with Crippen LogP contribution in [-0.4, -0.2) is 28.5 Å². The quantitative estimate of drug-likeness (QED) is 0.549. The third-order valence-electron chi connectivity index (χ3n) is 4.82. The highest BCUT2D eigenvalue weighted by Gasteiger charge is 2.16. The van der Waals surface area contributed by atoms with E-state index in [9.17, 15) is 9.18 Å². The summed E-state index contributed by atoms with van der Waals surface area (Å²) in [6.45, 7) is 6.47. The van der Waals surface area contributed by atoms with E-state index in [1.165, 1.54) is 12.1 Å². The topological polar surface area (TPSA) is 25.2 Å². The zero-order chi connectivity index (χ0) is 19.2. The Bertz CT molecular complexity index is 892. The largest absolute Gasteiger partial charge is 0.343 e. The van der Waals surface area contributed by atoms with E-state index in [0.29, 0.717) is 13.0 Å². The van der Waals surface area contributed by atoms with Crippen LogP contribution in [0.4, 0.5) is 4.39 Å². The first kappa shape index (κ1) is 19.2. The highest BCUT2D eigenvalue weighted by molar-refractivity contribution is 5.89. The average molecular weight is 366 g/mol. The maximum atomic E-state index is 13.2. The fourth-order valence-electron chi connectivity index (χ4n) is 3.56. The highest BCUT2D eigenvalue weighted by atomic mass is 19.1. The molecule has 0 N–H and O–H groups in total. The molecule has 0 spiro atoms. The second-order valence-electron chi connectivity index (χ2n) is 6.98. The molecule has 27 heavy (non-hydrogen) atoms. The minimum absolute atomic E-state index is 0.184. The molecule has 0 bridgehead atoms. The zero-order valence-corrected chi connectivity index (χ0v) is 16.1. The van der Waals surface area contributed by atoms with Crippen molar-refractivity contribution in [2.24, 2.45) is 0 Å². The number of fused-ring (bicyclic) bond motifs is 1. The molecule has 1 aromatic heterocycles. The van der Waals surface area contributed by atoms with Crippen LogP contribution in [0.1, 0.15) is 37.8 Å². The molecule has 3 rings (SSSR count). The van der Waals surface area contributed by atoms with E-state index in [1.807, 2.05) is 17.0 Å². The summed E-state index contributed by atoms with van der Waals surface area (Å²) in [7, 11) is 0. The molecule has 2 aromatic carbocycles. The first-order valence-electron chi connectivity index (χ1n) is 9.71. The molecule has 4 heteroatoms. The first-order valence-corrected chi connectivity index (χ1v) is 9.71. The van der Waals surface area contributed by atoms with Crippen molar-refractivity contribution in [2.75, 3.05) is 13.1 Å². The number of nitrogens with zero attached hydrogens (tertiary/aromatic N) is 2. The van der Waals surface area contributed by atoms with E-state index in [4.69, 9.17) is 0 Å². The van der Waals surface area contributed by atoms with Gasteiger partial charge >= 0.3 is 0 Å². The summed E-state index contributed by atoms with van der Waals surface area (Å²) >= 11 is 0. The number of hydrogen-bond acceptors (Lipinski definition) is 1. The van der Waals surface area contributed by atoms with Crippen LogP contribution in [0.5, 0.6) is 0 Å². The lowest BCUT2D eigenvalue weighted by molar-refractivity contribution is -0.130. The molecule has 3 nitrogen and oxygen atoms in total. The predicted octanol–water partition coefficient (Wildman–Crippen LogP) is 5.02. The third kappa shape index (κ3) is 4.57. The van der Waals surface area contributed by atoms with Gasteiger partial charge in [0.2, 0.25) is 5.91 Å². The molecule has 0 fully saturated rings. The summed E-state index contributed by atoms with van der Waals surface area (Å²) in [5, 5.41) is 1.11. The Kier molecular flexibility index (Phi) is 6.28. The predicted molar refractivity (Wildman–Crippen MR) is 108 cm³/mol. The standard InChI is InChI=1S/C23H27FN2O/c1-3-13-25(14-4-2)23(27)15-19-17-26(22-8-6-5-7-21(19)22)16-18-9-11-20(24)12-10-18/h5-12,17H,3-4,13-16H2,1-2H3. The van der Waals surface area contributed by atoms with Gasteiger partial charge in [-0.2, -0.15) is 0 Å². The van der Waals surface area contributed by atoms with Gasteiger partial charge in [-0.05, 0) is 42.2 Å². The number of aromatic nitrogens is 1. The molecular formula is C23H27FN2O. The van der Waals surface area contributed by atoms with Crippen LogP contribution < -0.4 is 0 Å². The summed E-state index contributed by atoms with van der Waals surface area (Å²) < 4.78 is 15.3. The summed E-state index contributed by atoms with van der Waals surface area (Å²) in [6, 6.07) is 14.7. The normalized spacial score (nSPS) is 11.1. The summed E-state index contributed by atoms with van der Waals surface area (Å²) in [5.41, 5.74) is 3.19. The number of carbonyl (C=O) groups excluding carboxylic acids is 1. The number of hydrogen-bond donors (Lipinski definition) is 0. The van der Waals surface area contributed by atoms with E-state index in [1.54, 1.807) is 12.1 Å². The fourth-order valence-corrected chi connectivity index (χ4v) is 3.56. The van der Waals surface area contributed by atoms with E-state index in [-0.39, 0.29) is 11.7 Å². The molecular weight excluding hydrogens is 339 g/mol. The van der Waals surface area contributed by atoms with Crippen molar-refractivity contribution < 1.29 is 9.18 Å². The van der Waals surface area contributed by atoms with Crippen LogP contribution in [0.3, 0.4) is 0 Å². The summed E-state index contributed by atoms with van der Waals surface area (Å²) in [4.78, 5) is 14.8. The van der Waals surface area contributed by atoms with E-state index in [0.717, 1.165) is 48.0 Å². The Hall–Kier alpha value is -2.62. The van der Waals surface area contributed by atoms with Crippen LogP contribution in [0.15, 0.2) is 54.7 Å². The van der Waals surface area contributed by atoms with Gasteiger partial charge in [-0.25, -0.2) is 4.39 Å². The SMILES string of the molecule is CCCN(CCC)C(=O)Cc1cn(Cc2ccc(F)cc2)c2ccccc12. The molecule has 0 aliphatic heterocycles. The summed E-state index contributed by atoms with van der Waals surface area (Å²) in [6.07, 6.45) is 4.43. The fraction of sp³-hybridized carbons (Fsp3) is 0.348. The van der Waals surface area contributed by atoms with Gasteiger partial charge in [0.25, 0.3) is 0 Å². The molecule has 0 aliphatic carbocycles. The van der Waals surface area contributed by atoms with Crippen molar-refractivity contribution >= 4 is 16.8 Å². The Balaban J connectivity index is 1.87. The van der Waals surface area contributed by atoms with E-state index < -0.39 is 0 Å². The molecule has 0 saturated heterocycles. The van der Waals surface area contributed by atoms with Gasteiger partial charge in [0.15, 0.2) is 0 Å². The van der Waals surface area contributed by atoms with Crippen LogP contribution in [0, 0.1) is 5.82 Å². The third-order valence-corrected chi connectivity index (χ3v) is 4.82. The van der Waals surface area contributed by atoms with Gasteiger partial charge in [0.05, 0.1) is 6.42 Å². The molecule has 1 amide bonds. The Morgan fingerprint density at radius 1 is 1.00 bits per heavy atom. The Morgan fingerprint density at radius 2 is 1.67 bits per heavy atom. The van der Waals surface area contributed by atoms with Crippen molar-refractivity contribution in [1.82, 2.24) is 9.47 Å². The van der Waals surface area contributed by atoms with Crippen molar-refractivity contribution in [3.05, 3.63) is 71.7 Å². The molecule has 0 unspecified atom stereocenters. The van der Waals surface area contributed by atoms with E-state index >= 15 is 0 Å². The maximum Gasteiger partial charge on any atom is 0.227 e. The van der Waals surface area contributed by atoms with Gasteiger partial charge in [0, 0.05) is 36.7 Å². The molecule has 0 radical (unpaired) electrons.